The van der Waals surface area contributed by atoms with Gasteiger partial charge in [0.05, 0.1) is 46.7 Å². The number of nitrogens with zero attached hydrogens (tertiary/aromatic N) is 4. The molecule has 4 aromatic carbocycles. The minimum atomic E-state index is -1.23. The van der Waals surface area contributed by atoms with E-state index >= 15 is 0 Å². The summed E-state index contributed by atoms with van der Waals surface area (Å²) in [6, 6.07) is 38.2. The number of esters is 1. The predicted octanol–water partition coefficient (Wildman–Crippen LogP) is 5.86. The average molecular weight is 824 g/mol. The Morgan fingerprint density at radius 2 is 1.18 bits per heavy atom. The third kappa shape index (κ3) is 13.4. The summed E-state index contributed by atoms with van der Waals surface area (Å²) < 4.78 is 51.3. The number of alkyl carbamates (subject to hydrolysis) is 1. The minimum absolute atomic E-state index is 0.0377. The lowest BCUT2D eigenvalue weighted by Crippen LogP contribution is -2.62. The summed E-state index contributed by atoms with van der Waals surface area (Å²) in [4.78, 5) is 25.3. The number of nitrogens with one attached hydrogen (secondary N) is 1. The van der Waals surface area contributed by atoms with Gasteiger partial charge in [0.2, 0.25) is 0 Å². The molecule has 318 valence electrons. The molecule has 0 spiro atoms. The van der Waals surface area contributed by atoms with E-state index < -0.39 is 54.2 Å². The zero-order valence-corrected chi connectivity index (χ0v) is 34.3. The smallest absolute Gasteiger partial charge is 0.408 e. The van der Waals surface area contributed by atoms with Crippen molar-refractivity contribution in [3.8, 4) is 6.01 Å². The fourth-order valence-corrected chi connectivity index (χ4v) is 6.54. The van der Waals surface area contributed by atoms with Crippen LogP contribution in [-0.4, -0.2) is 94.8 Å². The molecular formula is C45H53N5O10. The molecule has 1 N–H and O–H groups in total. The largest absolute Gasteiger partial charge is 0.467 e. The van der Waals surface area contributed by atoms with Gasteiger partial charge in [-0.1, -0.05) is 126 Å². The molecule has 15 heteroatoms. The number of hydrogen-bond donors (Lipinski definition) is 1. The average Bonchev–Trinajstić information content (AvgIpc) is 3.70. The van der Waals surface area contributed by atoms with Gasteiger partial charge in [0.25, 0.3) is 0 Å². The lowest BCUT2D eigenvalue weighted by Gasteiger charge is -2.46. The molecule has 1 aromatic heterocycles. The van der Waals surface area contributed by atoms with E-state index in [0.29, 0.717) is 6.61 Å². The van der Waals surface area contributed by atoms with Crippen molar-refractivity contribution in [3.05, 3.63) is 144 Å². The molecule has 1 amide bonds. The molecule has 0 bridgehead atoms. The van der Waals surface area contributed by atoms with Gasteiger partial charge in [-0.2, -0.15) is 4.68 Å². The van der Waals surface area contributed by atoms with Crippen molar-refractivity contribution in [2.24, 2.45) is 0 Å². The Balaban J connectivity index is 1.30. The van der Waals surface area contributed by atoms with Crippen molar-refractivity contribution in [3.63, 3.8) is 0 Å². The van der Waals surface area contributed by atoms with E-state index in [4.69, 9.17) is 37.9 Å². The fourth-order valence-electron chi connectivity index (χ4n) is 6.54. The summed E-state index contributed by atoms with van der Waals surface area (Å²) in [6.45, 7) is 6.13. The van der Waals surface area contributed by atoms with Crippen LogP contribution in [0, 0.1) is 0 Å². The highest BCUT2D eigenvalue weighted by molar-refractivity contribution is 5.81. The lowest BCUT2D eigenvalue weighted by molar-refractivity contribution is -0.275. The summed E-state index contributed by atoms with van der Waals surface area (Å²) in [6.07, 6.45) is -4.24. The third-order valence-electron chi connectivity index (χ3n) is 9.39. The summed E-state index contributed by atoms with van der Waals surface area (Å²) in [7, 11) is 1.21. The molecule has 6 rings (SSSR count). The second-order valence-electron chi connectivity index (χ2n) is 15.2. The zero-order chi connectivity index (χ0) is 42.2. The molecule has 0 saturated carbocycles. The van der Waals surface area contributed by atoms with Crippen LogP contribution in [0.25, 0.3) is 0 Å². The van der Waals surface area contributed by atoms with E-state index in [-0.39, 0.29) is 45.6 Å². The van der Waals surface area contributed by atoms with Gasteiger partial charge in [-0.15, -0.1) is 0 Å². The zero-order valence-electron chi connectivity index (χ0n) is 34.3. The maximum absolute atomic E-state index is 12.7. The first kappa shape index (κ1) is 43.9. The van der Waals surface area contributed by atoms with Gasteiger partial charge in [0, 0.05) is 0 Å². The van der Waals surface area contributed by atoms with Gasteiger partial charge in [-0.05, 0) is 53.5 Å². The van der Waals surface area contributed by atoms with Crippen molar-refractivity contribution in [2.75, 3.05) is 20.3 Å². The number of carbonyl (C=O) groups excluding carboxylic acids is 2. The van der Waals surface area contributed by atoms with Crippen molar-refractivity contribution in [1.29, 1.82) is 0 Å². The molecule has 60 heavy (non-hydrogen) atoms. The highest BCUT2D eigenvalue weighted by Crippen LogP contribution is 2.32. The van der Waals surface area contributed by atoms with Crippen LogP contribution in [0.5, 0.6) is 6.01 Å². The summed E-state index contributed by atoms with van der Waals surface area (Å²) in [5.74, 6) is -0.747. The number of rotatable bonds is 20. The first-order valence-corrected chi connectivity index (χ1v) is 19.8. The number of aromatic nitrogens is 4. The number of tetrazole rings is 1. The van der Waals surface area contributed by atoms with Crippen LogP contribution in [0.4, 0.5) is 4.79 Å². The molecule has 2 heterocycles. The monoisotopic (exact) mass is 823 g/mol. The minimum Gasteiger partial charge on any atom is -0.467 e. The molecule has 5 aromatic rings. The van der Waals surface area contributed by atoms with Gasteiger partial charge >= 0.3 is 18.1 Å². The highest BCUT2D eigenvalue weighted by atomic mass is 16.6. The quantitative estimate of drug-likeness (QED) is 0.0930. The molecular weight excluding hydrogens is 771 g/mol. The van der Waals surface area contributed by atoms with E-state index in [1.54, 1.807) is 20.8 Å². The van der Waals surface area contributed by atoms with Gasteiger partial charge in [0.15, 0.2) is 6.04 Å². The van der Waals surface area contributed by atoms with Crippen LogP contribution >= 0.6 is 0 Å². The Bertz CT molecular complexity index is 2020. The van der Waals surface area contributed by atoms with Crippen molar-refractivity contribution >= 4 is 12.1 Å². The van der Waals surface area contributed by atoms with Gasteiger partial charge in [-0.3, -0.25) is 0 Å². The van der Waals surface area contributed by atoms with Crippen LogP contribution in [0.15, 0.2) is 121 Å². The third-order valence-corrected chi connectivity index (χ3v) is 9.39. The second kappa shape index (κ2) is 22.1. The second-order valence-corrected chi connectivity index (χ2v) is 15.2. The van der Waals surface area contributed by atoms with Crippen LogP contribution in [0.3, 0.4) is 0 Å². The summed E-state index contributed by atoms with van der Waals surface area (Å²) in [5.41, 5.74) is 3.11. The number of amides is 1. The number of methoxy groups -OCH3 is 1. The normalized spacial score (nSPS) is 19.6. The maximum Gasteiger partial charge on any atom is 0.408 e. The van der Waals surface area contributed by atoms with E-state index in [0.717, 1.165) is 22.3 Å². The molecule has 1 aliphatic rings. The van der Waals surface area contributed by atoms with Crippen LogP contribution < -0.4 is 10.1 Å². The predicted molar refractivity (Wildman–Crippen MR) is 218 cm³/mol. The Kier molecular flexibility index (Phi) is 16.1. The Hall–Kier alpha value is -5.71. The first-order valence-electron chi connectivity index (χ1n) is 19.8. The molecule has 1 saturated heterocycles. The molecule has 0 unspecified atom stereocenters. The Morgan fingerprint density at radius 1 is 0.700 bits per heavy atom. The van der Waals surface area contributed by atoms with Gasteiger partial charge < -0.3 is 43.2 Å². The molecule has 0 radical (unpaired) electrons. The molecule has 6 atom stereocenters. The number of carbonyl (C=O) groups is 2. The first-order chi connectivity index (χ1) is 29.1. The van der Waals surface area contributed by atoms with Crippen LogP contribution in [-0.2, 0) is 70.9 Å². The van der Waals surface area contributed by atoms with Gasteiger partial charge in [0.1, 0.15) is 42.7 Å². The number of hydrogen-bond acceptors (Lipinski definition) is 13. The number of ether oxygens (including phenoxy) is 8. The lowest BCUT2D eigenvalue weighted by atomic mass is 9.93. The summed E-state index contributed by atoms with van der Waals surface area (Å²) >= 11 is 0. The van der Waals surface area contributed by atoms with E-state index in [2.05, 4.69) is 20.8 Å². The van der Waals surface area contributed by atoms with Crippen molar-refractivity contribution < 1.29 is 47.5 Å². The van der Waals surface area contributed by atoms with E-state index in [1.807, 2.05) is 121 Å². The SMILES string of the molecule is COC(=O)[C@H](COc1nnnn1C[C@H]1O[C@H](COCc2ccccc2)[C@H](OCc2ccccc2)[C@H](OCc2ccccc2)[C@H]1OCc1ccccc1)NC(=O)OC(C)(C)C. The van der Waals surface area contributed by atoms with Crippen LogP contribution in [0.2, 0.25) is 0 Å². The van der Waals surface area contributed by atoms with E-state index in [1.165, 1.54) is 11.8 Å². The Labute approximate surface area is 350 Å². The Morgan fingerprint density at radius 3 is 1.68 bits per heavy atom. The maximum atomic E-state index is 12.7. The van der Waals surface area contributed by atoms with E-state index in [9.17, 15) is 9.59 Å². The van der Waals surface area contributed by atoms with Gasteiger partial charge in [-0.25, -0.2) is 9.59 Å². The van der Waals surface area contributed by atoms with Crippen molar-refractivity contribution in [2.45, 2.75) is 95.9 Å². The van der Waals surface area contributed by atoms with Crippen LogP contribution in [0.1, 0.15) is 43.0 Å². The summed E-state index contributed by atoms with van der Waals surface area (Å²) in [5, 5.41) is 14.7. The fraction of sp³-hybridized carbons (Fsp3) is 0.400. The number of benzene rings is 4. The standard InChI is InChI=1S/C45H53N5O10/c1-45(2,3)60-44(52)46-36(42(51)53-4)30-58-43-47-48-49-50(43)25-37-39(55-27-33-19-11-6-12-20-33)41(57-29-35-23-15-8-16-24-35)40(56-28-34-21-13-7-14-22-34)38(59-37)31-54-26-32-17-9-5-10-18-32/h5-24,36-41H,25-31H2,1-4H3,(H,46,52)/t36-,37+,38+,39-,40-,41+/m0/s1. The molecule has 1 aliphatic heterocycles. The molecule has 0 aliphatic carbocycles. The highest BCUT2D eigenvalue weighted by Gasteiger charge is 2.49. The molecule has 1 fully saturated rings. The van der Waals surface area contributed by atoms with Crippen molar-refractivity contribution in [1.82, 2.24) is 25.5 Å². The topological polar surface area (TPSA) is 164 Å². The molecule has 15 nitrogen and oxygen atoms in total.